The van der Waals surface area contributed by atoms with Crippen LogP contribution in [0.4, 0.5) is 5.82 Å². The van der Waals surface area contributed by atoms with E-state index in [1.807, 2.05) is 0 Å². The van der Waals surface area contributed by atoms with E-state index in [1.54, 1.807) is 0 Å². The highest BCUT2D eigenvalue weighted by molar-refractivity contribution is 6.01. The van der Waals surface area contributed by atoms with Crippen molar-refractivity contribution in [2.45, 2.75) is 0 Å². The van der Waals surface area contributed by atoms with Crippen LogP contribution in [0.1, 0.15) is 0 Å². The minimum Gasteiger partial charge on any atom is -0.478 e. The molecule has 68 valence electrons. The first-order chi connectivity index (χ1) is 6.18. The van der Waals surface area contributed by atoms with Crippen LogP contribution in [0.3, 0.4) is 0 Å². The molecule has 1 heterocycles. The van der Waals surface area contributed by atoms with E-state index in [9.17, 15) is 9.59 Å². The summed E-state index contributed by atoms with van der Waals surface area (Å²) >= 11 is 0. The van der Waals surface area contributed by atoms with Crippen LogP contribution in [0, 0.1) is 0 Å². The third-order valence-electron chi connectivity index (χ3n) is 1.07. The average molecular weight is 182 g/mol. The molecule has 1 aromatic heterocycles. The number of nitrogens with one attached hydrogen (secondary N) is 1. The van der Waals surface area contributed by atoms with Gasteiger partial charge in [-0.15, -0.1) is 0 Å². The molecule has 0 aliphatic carbocycles. The Morgan fingerprint density at radius 2 is 2.31 bits per heavy atom. The molecule has 0 spiro atoms. The Hall–Kier alpha value is -2.11. The SMILES string of the molecule is O=C(O)C=CC(=O)Nc1ccon1. The predicted molar refractivity (Wildman–Crippen MR) is 41.9 cm³/mol. The summed E-state index contributed by atoms with van der Waals surface area (Å²) in [6, 6.07) is 1.44. The molecule has 1 aromatic rings. The van der Waals surface area contributed by atoms with E-state index < -0.39 is 11.9 Å². The summed E-state index contributed by atoms with van der Waals surface area (Å²) in [6.07, 6.45) is 2.91. The number of hydrogen-bond donors (Lipinski definition) is 2. The molecule has 0 saturated carbocycles. The Bertz CT molecular complexity index is 328. The van der Waals surface area contributed by atoms with E-state index in [4.69, 9.17) is 5.11 Å². The summed E-state index contributed by atoms with van der Waals surface area (Å²) in [7, 11) is 0. The van der Waals surface area contributed by atoms with Crippen molar-refractivity contribution in [3.05, 3.63) is 24.5 Å². The van der Waals surface area contributed by atoms with E-state index in [0.717, 1.165) is 12.2 Å². The summed E-state index contributed by atoms with van der Waals surface area (Å²) < 4.78 is 4.44. The van der Waals surface area contributed by atoms with Gasteiger partial charge in [-0.2, -0.15) is 0 Å². The fourth-order valence-corrected chi connectivity index (χ4v) is 0.592. The van der Waals surface area contributed by atoms with Crippen LogP contribution in [0.15, 0.2) is 29.0 Å². The first-order valence-electron chi connectivity index (χ1n) is 3.31. The van der Waals surface area contributed by atoms with Gasteiger partial charge >= 0.3 is 5.97 Å². The van der Waals surface area contributed by atoms with Gasteiger partial charge in [-0.1, -0.05) is 5.16 Å². The number of aromatic nitrogens is 1. The second-order valence-electron chi connectivity index (χ2n) is 2.05. The Labute approximate surface area is 72.8 Å². The summed E-state index contributed by atoms with van der Waals surface area (Å²) in [5, 5.41) is 13.9. The van der Waals surface area contributed by atoms with Crippen molar-refractivity contribution in [2.24, 2.45) is 0 Å². The predicted octanol–water partition coefficient (Wildman–Crippen LogP) is 0.254. The van der Waals surface area contributed by atoms with Crippen molar-refractivity contribution in [2.75, 3.05) is 5.32 Å². The van der Waals surface area contributed by atoms with Crippen molar-refractivity contribution < 1.29 is 19.2 Å². The van der Waals surface area contributed by atoms with Gasteiger partial charge in [0.15, 0.2) is 5.82 Å². The molecular formula is C7H6N2O4. The zero-order chi connectivity index (χ0) is 9.68. The number of carbonyl (C=O) groups is 2. The lowest BCUT2D eigenvalue weighted by Crippen LogP contribution is -2.08. The highest BCUT2D eigenvalue weighted by atomic mass is 16.5. The van der Waals surface area contributed by atoms with Gasteiger partial charge in [0, 0.05) is 18.2 Å². The molecule has 0 atom stereocenters. The molecule has 0 aliphatic heterocycles. The molecule has 6 nitrogen and oxygen atoms in total. The van der Waals surface area contributed by atoms with Gasteiger partial charge in [-0.25, -0.2) is 4.79 Å². The van der Waals surface area contributed by atoms with Crippen molar-refractivity contribution in [1.29, 1.82) is 0 Å². The van der Waals surface area contributed by atoms with Crippen molar-refractivity contribution in [3.8, 4) is 0 Å². The number of carbonyl (C=O) groups excluding carboxylic acids is 1. The summed E-state index contributed by atoms with van der Waals surface area (Å²) in [5.74, 6) is -1.52. The van der Waals surface area contributed by atoms with Gasteiger partial charge in [0.05, 0.1) is 0 Å². The lowest BCUT2D eigenvalue weighted by molar-refractivity contribution is -0.131. The number of aliphatic carboxylic acids is 1. The zero-order valence-electron chi connectivity index (χ0n) is 6.43. The van der Waals surface area contributed by atoms with Crippen LogP contribution in [-0.4, -0.2) is 22.1 Å². The average Bonchev–Trinajstić information content (AvgIpc) is 2.53. The van der Waals surface area contributed by atoms with E-state index in [-0.39, 0.29) is 5.82 Å². The number of anilines is 1. The lowest BCUT2D eigenvalue weighted by Gasteiger charge is -1.92. The Morgan fingerprint density at radius 1 is 1.54 bits per heavy atom. The maximum Gasteiger partial charge on any atom is 0.328 e. The molecule has 0 bridgehead atoms. The number of amides is 1. The smallest absolute Gasteiger partial charge is 0.328 e. The highest BCUT2D eigenvalue weighted by Gasteiger charge is 2.00. The molecule has 0 saturated heterocycles. The van der Waals surface area contributed by atoms with Crippen LogP contribution >= 0.6 is 0 Å². The first-order valence-corrected chi connectivity index (χ1v) is 3.31. The van der Waals surface area contributed by atoms with Gasteiger partial charge in [-0.3, -0.25) is 4.79 Å². The van der Waals surface area contributed by atoms with Gasteiger partial charge in [-0.05, 0) is 0 Å². The first kappa shape index (κ1) is 8.98. The number of rotatable bonds is 3. The molecule has 0 radical (unpaired) electrons. The molecule has 6 heteroatoms. The minimum absolute atomic E-state index is 0.236. The number of carboxylic acids is 1. The highest BCUT2D eigenvalue weighted by Crippen LogP contribution is 2.00. The lowest BCUT2D eigenvalue weighted by atomic mass is 10.4. The summed E-state index contributed by atoms with van der Waals surface area (Å²) in [5.41, 5.74) is 0. The number of hydrogen-bond acceptors (Lipinski definition) is 4. The Morgan fingerprint density at radius 3 is 2.85 bits per heavy atom. The maximum absolute atomic E-state index is 10.9. The largest absolute Gasteiger partial charge is 0.478 e. The zero-order valence-corrected chi connectivity index (χ0v) is 6.43. The molecule has 13 heavy (non-hydrogen) atoms. The number of carboxylic acid groups (broad SMARTS) is 1. The third-order valence-corrected chi connectivity index (χ3v) is 1.07. The molecule has 1 amide bonds. The quantitative estimate of drug-likeness (QED) is 0.654. The fraction of sp³-hybridized carbons (Fsp3) is 0. The Kier molecular flexibility index (Phi) is 2.80. The van der Waals surface area contributed by atoms with Crippen LogP contribution in [0.5, 0.6) is 0 Å². The van der Waals surface area contributed by atoms with Crippen molar-refractivity contribution in [1.82, 2.24) is 5.16 Å². The van der Waals surface area contributed by atoms with Gasteiger partial charge < -0.3 is 14.9 Å². The van der Waals surface area contributed by atoms with E-state index in [1.165, 1.54) is 12.3 Å². The van der Waals surface area contributed by atoms with Crippen molar-refractivity contribution >= 4 is 17.7 Å². The van der Waals surface area contributed by atoms with Gasteiger partial charge in [0.25, 0.3) is 0 Å². The molecular weight excluding hydrogens is 176 g/mol. The van der Waals surface area contributed by atoms with Crippen LogP contribution < -0.4 is 5.32 Å². The van der Waals surface area contributed by atoms with E-state index in [0.29, 0.717) is 0 Å². The third kappa shape index (κ3) is 3.19. The van der Waals surface area contributed by atoms with Gasteiger partial charge in [0.2, 0.25) is 5.91 Å². The molecule has 0 fully saturated rings. The normalized spacial score (nSPS) is 10.2. The molecule has 2 N–H and O–H groups in total. The van der Waals surface area contributed by atoms with E-state index in [2.05, 4.69) is 15.0 Å². The van der Waals surface area contributed by atoms with Crippen LogP contribution in [0.25, 0.3) is 0 Å². The maximum atomic E-state index is 10.9. The van der Waals surface area contributed by atoms with Crippen LogP contribution in [0.2, 0.25) is 0 Å². The second kappa shape index (κ2) is 4.05. The molecule has 1 rings (SSSR count). The fourth-order valence-electron chi connectivity index (χ4n) is 0.592. The van der Waals surface area contributed by atoms with Crippen molar-refractivity contribution in [3.63, 3.8) is 0 Å². The number of nitrogens with zero attached hydrogens (tertiary/aromatic N) is 1. The van der Waals surface area contributed by atoms with E-state index >= 15 is 0 Å². The monoisotopic (exact) mass is 182 g/mol. The van der Waals surface area contributed by atoms with Crippen LogP contribution in [-0.2, 0) is 9.59 Å². The molecule has 0 aromatic carbocycles. The topological polar surface area (TPSA) is 92.4 Å². The molecule has 0 aliphatic rings. The summed E-state index contributed by atoms with van der Waals surface area (Å²) in [4.78, 5) is 20.9. The second-order valence-corrected chi connectivity index (χ2v) is 2.05. The van der Waals surface area contributed by atoms with Gasteiger partial charge in [0.1, 0.15) is 6.26 Å². The summed E-state index contributed by atoms with van der Waals surface area (Å²) in [6.45, 7) is 0. The minimum atomic E-state index is -1.18. The molecule has 0 unspecified atom stereocenters. The standard InChI is InChI=1S/C7H6N2O4/c10-6(1-2-7(11)12)8-5-3-4-13-9-5/h1-4H,(H,11,12)(H,8,9,10). The Balaban J connectivity index is 2.47.